The highest BCUT2D eigenvalue weighted by Crippen LogP contribution is 2.35. The largest absolute Gasteiger partial charge is 0.506 e. The van der Waals surface area contributed by atoms with Crippen molar-refractivity contribution in [1.29, 1.82) is 0 Å². The molecule has 0 atom stereocenters. The zero-order valence-electron chi connectivity index (χ0n) is 10.9. The molecule has 114 valence electrons. The fourth-order valence-electron chi connectivity index (χ4n) is 2.01. The molecule has 2 aromatic rings. The van der Waals surface area contributed by atoms with E-state index in [1.807, 2.05) is 4.72 Å². The topological polar surface area (TPSA) is 103 Å². The number of benzene rings is 1. The number of nitrogens with one attached hydrogen (secondary N) is 1. The van der Waals surface area contributed by atoms with Gasteiger partial charge in [0.15, 0.2) is 0 Å². The lowest BCUT2D eigenvalue weighted by Crippen LogP contribution is -2.29. The normalized spacial score (nSPS) is 16.2. The minimum atomic E-state index is -4.01. The van der Waals surface area contributed by atoms with E-state index in [2.05, 4.69) is 4.98 Å². The molecule has 1 aromatic heterocycles. The van der Waals surface area contributed by atoms with Crippen molar-refractivity contribution in [2.75, 3.05) is 4.31 Å². The number of halogens is 1. The van der Waals surface area contributed by atoms with E-state index in [9.17, 15) is 23.0 Å². The van der Waals surface area contributed by atoms with Crippen LogP contribution in [0.5, 0.6) is 5.75 Å². The maximum atomic E-state index is 12.9. The first-order chi connectivity index (χ1) is 10.4. The third-order valence-electron chi connectivity index (χ3n) is 3.01. The van der Waals surface area contributed by atoms with E-state index >= 15 is 0 Å². The number of aromatic nitrogens is 1. The highest BCUT2D eigenvalue weighted by molar-refractivity contribution is 7.91. The number of aromatic hydroxyl groups is 1. The van der Waals surface area contributed by atoms with Crippen molar-refractivity contribution in [2.45, 2.75) is 0 Å². The summed E-state index contributed by atoms with van der Waals surface area (Å²) in [5, 5.41) is 19.2. The van der Waals surface area contributed by atoms with Gasteiger partial charge in [0.05, 0.1) is 6.20 Å². The van der Waals surface area contributed by atoms with Crippen LogP contribution >= 0.6 is 0 Å². The molecule has 7 nitrogen and oxygen atoms in total. The van der Waals surface area contributed by atoms with Crippen molar-refractivity contribution in [3.8, 4) is 16.9 Å². The highest BCUT2D eigenvalue weighted by Gasteiger charge is 2.30. The summed E-state index contributed by atoms with van der Waals surface area (Å²) in [6, 6.07) is 6.86. The fraction of sp³-hybridized carbons (Fsp3) is 0. The molecule has 0 spiro atoms. The monoisotopic (exact) mass is 323 g/mol. The Morgan fingerprint density at radius 1 is 1.14 bits per heavy atom. The average molecular weight is 323 g/mol. The Hall–Kier alpha value is -2.81. The van der Waals surface area contributed by atoms with E-state index in [4.69, 9.17) is 0 Å². The van der Waals surface area contributed by atoms with Crippen LogP contribution in [0, 0.1) is 5.95 Å². The third kappa shape index (κ3) is 2.42. The Balaban J connectivity index is 2.10. The standard InChI is InChI=1S/C13H10FN3O4S/c14-12-4-2-9(6-15-12)8-1-3-11(18)10(5-8)17-7-13(19)16-22(17,20)21/h1-7,16,18-19H. The molecule has 22 heavy (non-hydrogen) atoms. The number of phenols is 1. The molecular formula is C13H10FN3O4S. The molecule has 3 N–H and O–H groups in total. The summed E-state index contributed by atoms with van der Waals surface area (Å²) in [5.41, 5.74) is 1.01. The van der Waals surface area contributed by atoms with Crippen molar-refractivity contribution in [1.82, 2.24) is 9.71 Å². The van der Waals surface area contributed by atoms with Gasteiger partial charge < -0.3 is 10.2 Å². The van der Waals surface area contributed by atoms with Crippen LogP contribution in [0.2, 0.25) is 0 Å². The van der Waals surface area contributed by atoms with Gasteiger partial charge in [-0.3, -0.25) is 0 Å². The molecule has 1 aliphatic heterocycles. The first kappa shape index (κ1) is 14.1. The van der Waals surface area contributed by atoms with Gasteiger partial charge in [-0.15, -0.1) is 0 Å². The minimum Gasteiger partial charge on any atom is -0.506 e. The smallest absolute Gasteiger partial charge is 0.330 e. The minimum absolute atomic E-state index is 0.0571. The van der Waals surface area contributed by atoms with Gasteiger partial charge in [0.2, 0.25) is 11.8 Å². The van der Waals surface area contributed by atoms with E-state index in [0.717, 1.165) is 6.20 Å². The molecule has 0 bridgehead atoms. The second-order valence-electron chi connectivity index (χ2n) is 4.49. The van der Waals surface area contributed by atoms with Gasteiger partial charge in [-0.1, -0.05) is 6.07 Å². The Morgan fingerprint density at radius 3 is 2.45 bits per heavy atom. The van der Waals surface area contributed by atoms with Gasteiger partial charge in [0, 0.05) is 11.8 Å². The van der Waals surface area contributed by atoms with E-state index in [0.29, 0.717) is 15.4 Å². The lowest BCUT2D eigenvalue weighted by atomic mass is 10.1. The van der Waals surface area contributed by atoms with E-state index in [1.165, 1.54) is 36.5 Å². The summed E-state index contributed by atoms with van der Waals surface area (Å²) < 4.78 is 39.1. The van der Waals surface area contributed by atoms with Crippen LogP contribution < -0.4 is 9.03 Å². The molecule has 1 aliphatic rings. The average Bonchev–Trinajstić information content (AvgIpc) is 2.73. The number of hydrogen-bond donors (Lipinski definition) is 3. The Morgan fingerprint density at radius 2 is 1.86 bits per heavy atom. The summed E-state index contributed by atoms with van der Waals surface area (Å²) >= 11 is 0. The molecule has 9 heteroatoms. The maximum absolute atomic E-state index is 12.9. The Labute approximate surface area is 125 Å². The predicted octanol–water partition coefficient (Wildman–Crippen LogP) is 1.60. The van der Waals surface area contributed by atoms with Crippen molar-refractivity contribution < 1.29 is 23.0 Å². The summed E-state index contributed by atoms with van der Waals surface area (Å²) in [6.07, 6.45) is 2.21. The molecule has 0 fully saturated rings. The van der Waals surface area contributed by atoms with Crippen LogP contribution in [-0.2, 0) is 10.2 Å². The van der Waals surface area contributed by atoms with Gasteiger partial charge in [-0.2, -0.15) is 12.8 Å². The second-order valence-corrected chi connectivity index (χ2v) is 6.04. The fourth-order valence-corrected chi connectivity index (χ4v) is 3.07. The third-order valence-corrected chi connectivity index (χ3v) is 4.29. The van der Waals surface area contributed by atoms with Crippen molar-refractivity contribution in [3.63, 3.8) is 0 Å². The summed E-state index contributed by atoms with van der Waals surface area (Å²) in [7, 11) is -4.01. The number of rotatable bonds is 2. The first-order valence-corrected chi connectivity index (χ1v) is 7.49. The predicted molar refractivity (Wildman–Crippen MR) is 76.5 cm³/mol. The van der Waals surface area contributed by atoms with E-state index in [1.54, 1.807) is 0 Å². The van der Waals surface area contributed by atoms with Crippen LogP contribution in [0.4, 0.5) is 10.1 Å². The first-order valence-electron chi connectivity index (χ1n) is 6.05. The van der Waals surface area contributed by atoms with Crippen molar-refractivity contribution in [3.05, 3.63) is 54.6 Å². The van der Waals surface area contributed by atoms with Gasteiger partial charge >= 0.3 is 10.2 Å². The number of anilines is 1. The number of nitrogens with zero attached hydrogens (tertiary/aromatic N) is 2. The van der Waals surface area contributed by atoms with Gasteiger partial charge in [0.1, 0.15) is 11.4 Å². The van der Waals surface area contributed by atoms with Crippen LogP contribution in [0.1, 0.15) is 0 Å². The quantitative estimate of drug-likeness (QED) is 0.729. The lowest BCUT2D eigenvalue weighted by molar-refractivity contribution is 0.392. The van der Waals surface area contributed by atoms with Gasteiger partial charge in [0.25, 0.3) is 0 Å². The zero-order chi connectivity index (χ0) is 15.9. The summed E-state index contributed by atoms with van der Waals surface area (Å²) in [6.45, 7) is 0. The van der Waals surface area contributed by atoms with Crippen LogP contribution in [0.3, 0.4) is 0 Å². The molecule has 3 rings (SSSR count). The van der Waals surface area contributed by atoms with Crippen LogP contribution in [0.25, 0.3) is 11.1 Å². The lowest BCUT2D eigenvalue weighted by Gasteiger charge is -2.16. The number of phenolic OH excluding ortho intramolecular Hbond substituents is 1. The molecular weight excluding hydrogens is 313 g/mol. The molecule has 0 saturated carbocycles. The molecule has 0 amide bonds. The van der Waals surface area contributed by atoms with Crippen molar-refractivity contribution >= 4 is 15.9 Å². The summed E-state index contributed by atoms with van der Waals surface area (Å²) in [5.74, 6) is -1.50. The number of pyridine rings is 1. The molecule has 0 aliphatic carbocycles. The molecule has 0 saturated heterocycles. The number of aliphatic hydroxyl groups is 1. The van der Waals surface area contributed by atoms with Crippen LogP contribution in [0.15, 0.2) is 48.6 Å². The Bertz CT molecular complexity index is 865. The number of hydrogen-bond acceptors (Lipinski definition) is 5. The van der Waals surface area contributed by atoms with Gasteiger partial charge in [-0.25, -0.2) is 14.0 Å². The van der Waals surface area contributed by atoms with Crippen LogP contribution in [-0.4, -0.2) is 23.6 Å². The molecule has 2 heterocycles. The summed E-state index contributed by atoms with van der Waals surface area (Å²) in [4.78, 5) is 3.52. The Kier molecular flexibility index (Phi) is 3.14. The highest BCUT2D eigenvalue weighted by atomic mass is 32.2. The van der Waals surface area contributed by atoms with Gasteiger partial charge in [-0.05, 0) is 29.8 Å². The van der Waals surface area contributed by atoms with E-state index < -0.39 is 22.0 Å². The molecule has 0 unspecified atom stereocenters. The second kappa shape index (κ2) is 4.88. The van der Waals surface area contributed by atoms with E-state index in [-0.39, 0.29) is 11.4 Å². The molecule has 0 radical (unpaired) electrons. The zero-order valence-corrected chi connectivity index (χ0v) is 11.7. The maximum Gasteiger partial charge on any atom is 0.330 e. The molecule has 1 aromatic carbocycles. The number of aliphatic hydroxyl groups excluding tert-OH is 1. The van der Waals surface area contributed by atoms with Crippen molar-refractivity contribution in [2.24, 2.45) is 0 Å². The SMILES string of the molecule is O=S1(=O)NC(O)=CN1c1cc(-c2ccc(F)nc2)ccc1O.